The number of rotatable bonds is 6. The summed E-state index contributed by atoms with van der Waals surface area (Å²) in [7, 11) is 0. The standard InChI is InChI=1S/C17H30N4O8/c18-3-9-4-21(20-19-9)10-1-8(6-23)17(16(28)13(10)25)29-11-2-7(5-22)12(24)15(27)14(11)26/h4,7-8,10-17,22-28H,1-3,5-6,18H2/t7?,8?,10-,11-,12+,13?,14?,15+,16-,17-/m1/s1. The molecule has 12 nitrogen and oxygen atoms in total. The van der Waals surface area contributed by atoms with Gasteiger partial charge < -0.3 is 46.2 Å². The third-order valence-electron chi connectivity index (χ3n) is 6.10. The van der Waals surface area contributed by atoms with Gasteiger partial charge in [-0.15, -0.1) is 5.10 Å². The van der Waals surface area contributed by atoms with Crippen molar-refractivity contribution in [2.75, 3.05) is 13.2 Å². The van der Waals surface area contributed by atoms with Crippen molar-refractivity contribution in [1.29, 1.82) is 0 Å². The molecule has 29 heavy (non-hydrogen) atoms. The van der Waals surface area contributed by atoms with E-state index in [1.165, 1.54) is 4.68 Å². The van der Waals surface area contributed by atoms with Gasteiger partial charge in [-0.05, 0) is 12.8 Å². The molecule has 0 radical (unpaired) electrons. The molecule has 10 atom stereocenters. The van der Waals surface area contributed by atoms with Crippen LogP contribution in [0.4, 0.5) is 0 Å². The molecule has 12 heteroatoms. The average Bonchev–Trinajstić information content (AvgIpc) is 3.20. The van der Waals surface area contributed by atoms with Gasteiger partial charge in [0.2, 0.25) is 0 Å². The Morgan fingerprint density at radius 2 is 1.62 bits per heavy atom. The summed E-state index contributed by atoms with van der Waals surface area (Å²) in [5, 5.41) is 78.5. The van der Waals surface area contributed by atoms with Crippen LogP contribution in [0.3, 0.4) is 0 Å². The van der Waals surface area contributed by atoms with Gasteiger partial charge in [0.15, 0.2) is 0 Å². The molecule has 2 aliphatic carbocycles. The smallest absolute Gasteiger partial charge is 0.109 e. The highest BCUT2D eigenvalue weighted by atomic mass is 16.5. The highest BCUT2D eigenvalue weighted by Gasteiger charge is 2.49. The molecule has 0 amide bonds. The molecule has 1 heterocycles. The van der Waals surface area contributed by atoms with E-state index in [0.29, 0.717) is 5.69 Å². The minimum atomic E-state index is -1.53. The lowest BCUT2D eigenvalue weighted by atomic mass is 9.78. The van der Waals surface area contributed by atoms with E-state index in [0.717, 1.165) is 0 Å². The minimum absolute atomic E-state index is 0.0414. The summed E-state index contributed by atoms with van der Waals surface area (Å²) < 4.78 is 7.22. The molecule has 0 saturated heterocycles. The fourth-order valence-electron chi connectivity index (χ4n) is 4.29. The Kier molecular flexibility index (Phi) is 7.19. The molecule has 0 aliphatic heterocycles. The molecule has 1 aromatic heterocycles. The number of nitrogens with zero attached hydrogens (tertiary/aromatic N) is 3. The largest absolute Gasteiger partial charge is 0.396 e. The summed E-state index contributed by atoms with van der Waals surface area (Å²) in [4.78, 5) is 0. The highest BCUT2D eigenvalue weighted by molar-refractivity contribution is 5.01. The Morgan fingerprint density at radius 3 is 2.21 bits per heavy atom. The van der Waals surface area contributed by atoms with Crippen LogP contribution in [-0.4, -0.2) is 107 Å². The van der Waals surface area contributed by atoms with Crippen LogP contribution in [0.2, 0.25) is 0 Å². The number of nitrogens with two attached hydrogens (primary N) is 1. The molecular weight excluding hydrogens is 388 g/mol. The molecule has 2 saturated carbocycles. The van der Waals surface area contributed by atoms with Crippen molar-refractivity contribution < 1.29 is 40.5 Å². The van der Waals surface area contributed by atoms with E-state index in [1.807, 2.05) is 0 Å². The van der Waals surface area contributed by atoms with Crippen LogP contribution in [0.1, 0.15) is 24.6 Å². The van der Waals surface area contributed by atoms with E-state index < -0.39 is 67.2 Å². The first kappa shape index (κ1) is 22.5. The number of aliphatic hydroxyl groups is 7. The third kappa shape index (κ3) is 4.31. The highest BCUT2D eigenvalue weighted by Crippen LogP contribution is 2.37. The molecule has 3 rings (SSSR count). The third-order valence-corrected chi connectivity index (χ3v) is 6.10. The summed E-state index contributed by atoms with van der Waals surface area (Å²) in [6.07, 6.45) is -7.21. The quantitative estimate of drug-likeness (QED) is 0.222. The van der Waals surface area contributed by atoms with Crippen LogP contribution in [0.15, 0.2) is 6.20 Å². The zero-order valence-corrected chi connectivity index (χ0v) is 15.8. The normalized spacial score (nSPS) is 43.4. The zero-order valence-electron chi connectivity index (χ0n) is 15.8. The monoisotopic (exact) mass is 418 g/mol. The maximum atomic E-state index is 10.7. The predicted molar refractivity (Wildman–Crippen MR) is 96.0 cm³/mol. The molecule has 2 fully saturated rings. The number of aliphatic hydroxyl groups excluding tert-OH is 7. The fourth-order valence-corrected chi connectivity index (χ4v) is 4.29. The van der Waals surface area contributed by atoms with Crippen molar-refractivity contribution in [3.05, 3.63) is 11.9 Å². The first-order valence-corrected chi connectivity index (χ1v) is 9.70. The van der Waals surface area contributed by atoms with E-state index in [4.69, 9.17) is 10.5 Å². The second-order valence-electron chi connectivity index (χ2n) is 7.91. The summed E-state index contributed by atoms with van der Waals surface area (Å²) in [5.41, 5.74) is 6.04. The second-order valence-corrected chi connectivity index (χ2v) is 7.91. The lowest BCUT2D eigenvalue weighted by Crippen LogP contribution is -2.59. The van der Waals surface area contributed by atoms with Crippen LogP contribution < -0.4 is 5.73 Å². The maximum Gasteiger partial charge on any atom is 0.109 e. The maximum absolute atomic E-state index is 10.7. The van der Waals surface area contributed by atoms with E-state index in [1.54, 1.807) is 6.20 Å². The van der Waals surface area contributed by atoms with Gasteiger partial charge in [-0.25, -0.2) is 4.68 Å². The molecule has 0 spiro atoms. The molecule has 1 aromatic rings. The lowest BCUT2D eigenvalue weighted by Gasteiger charge is -2.46. The molecule has 166 valence electrons. The van der Waals surface area contributed by atoms with E-state index in [9.17, 15) is 35.7 Å². The SMILES string of the molecule is NCc1cn([C@@H]2CC(CO)[C@@H](O[C@@H]3CC(CO)[C@H](O)[C@H](O)C3O)[C@H](O)C2O)nn1. The van der Waals surface area contributed by atoms with Gasteiger partial charge in [-0.3, -0.25) is 0 Å². The van der Waals surface area contributed by atoms with E-state index in [2.05, 4.69) is 10.3 Å². The molecule has 2 aliphatic rings. The van der Waals surface area contributed by atoms with Gasteiger partial charge in [0, 0.05) is 31.6 Å². The minimum Gasteiger partial charge on any atom is -0.396 e. The molecular formula is C17H30N4O8. The average molecular weight is 418 g/mol. The van der Waals surface area contributed by atoms with Gasteiger partial charge in [-0.2, -0.15) is 0 Å². The first-order chi connectivity index (χ1) is 13.8. The zero-order chi connectivity index (χ0) is 21.3. The Labute approximate surface area is 167 Å². The summed E-state index contributed by atoms with van der Waals surface area (Å²) in [6, 6.07) is -0.663. The fraction of sp³-hybridized carbons (Fsp3) is 0.882. The number of hydrogen-bond acceptors (Lipinski definition) is 11. The van der Waals surface area contributed by atoms with Crippen LogP contribution in [0.5, 0.6) is 0 Å². The Bertz CT molecular complexity index is 659. The van der Waals surface area contributed by atoms with Crippen LogP contribution in [0.25, 0.3) is 0 Å². The topological polar surface area (TPSA) is 208 Å². The Hall–Kier alpha value is -1.22. The second kappa shape index (κ2) is 9.29. The van der Waals surface area contributed by atoms with E-state index in [-0.39, 0.29) is 26.0 Å². The van der Waals surface area contributed by atoms with Crippen LogP contribution in [0, 0.1) is 11.8 Å². The van der Waals surface area contributed by atoms with Crippen molar-refractivity contribution >= 4 is 0 Å². The van der Waals surface area contributed by atoms with Gasteiger partial charge in [0.25, 0.3) is 0 Å². The van der Waals surface area contributed by atoms with Crippen molar-refractivity contribution in [1.82, 2.24) is 15.0 Å². The van der Waals surface area contributed by atoms with Gasteiger partial charge >= 0.3 is 0 Å². The number of ether oxygens (including phenoxy) is 1. The van der Waals surface area contributed by atoms with Crippen molar-refractivity contribution in [3.8, 4) is 0 Å². The molecule has 4 unspecified atom stereocenters. The van der Waals surface area contributed by atoms with Crippen molar-refractivity contribution in [2.45, 2.75) is 68.2 Å². The van der Waals surface area contributed by atoms with Crippen LogP contribution in [-0.2, 0) is 11.3 Å². The summed E-state index contributed by atoms with van der Waals surface area (Å²) in [5.74, 6) is -1.32. The van der Waals surface area contributed by atoms with Gasteiger partial charge in [0.1, 0.15) is 24.4 Å². The molecule has 0 bridgehead atoms. The molecule has 0 aromatic carbocycles. The number of hydrogen-bond donors (Lipinski definition) is 8. The first-order valence-electron chi connectivity index (χ1n) is 9.70. The summed E-state index contributed by atoms with van der Waals surface area (Å²) in [6.45, 7) is -0.608. The van der Waals surface area contributed by atoms with Crippen molar-refractivity contribution in [3.63, 3.8) is 0 Å². The predicted octanol–water partition coefficient (Wildman–Crippen LogP) is -4.14. The summed E-state index contributed by atoms with van der Waals surface area (Å²) >= 11 is 0. The van der Waals surface area contributed by atoms with Crippen LogP contribution >= 0.6 is 0 Å². The van der Waals surface area contributed by atoms with Crippen molar-refractivity contribution in [2.24, 2.45) is 17.6 Å². The van der Waals surface area contributed by atoms with Gasteiger partial charge in [0.05, 0.1) is 36.2 Å². The Balaban J connectivity index is 1.76. The van der Waals surface area contributed by atoms with Gasteiger partial charge in [-0.1, -0.05) is 5.21 Å². The molecule has 9 N–H and O–H groups in total. The number of aromatic nitrogens is 3. The Morgan fingerprint density at radius 1 is 0.931 bits per heavy atom. The van der Waals surface area contributed by atoms with E-state index >= 15 is 0 Å². The lowest BCUT2D eigenvalue weighted by molar-refractivity contribution is -0.231.